The van der Waals surface area contributed by atoms with Gasteiger partial charge in [0.1, 0.15) is 10.7 Å². The highest BCUT2D eigenvalue weighted by molar-refractivity contribution is 7.18. The lowest BCUT2D eigenvalue weighted by Crippen LogP contribution is -2.11. The molecule has 0 bridgehead atoms. The van der Waals surface area contributed by atoms with Gasteiger partial charge < -0.3 is 4.98 Å². The molecule has 1 aliphatic rings. The van der Waals surface area contributed by atoms with Crippen molar-refractivity contribution in [3.63, 3.8) is 0 Å². The molecule has 0 saturated heterocycles. The zero-order valence-electron chi connectivity index (χ0n) is 13.0. The monoisotopic (exact) mass is 333 g/mol. The number of aromatic amines is 1. The zero-order chi connectivity index (χ0) is 16.5. The first-order valence-electron chi connectivity index (χ1n) is 7.97. The van der Waals surface area contributed by atoms with Gasteiger partial charge in [0.2, 0.25) is 0 Å². The molecule has 0 unspecified atom stereocenters. The first kappa shape index (κ1) is 14.9. The molecule has 2 heterocycles. The van der Waals surface area contributed by atoms with E-state index in [0.717, 1.165) is 35.0 Å². The number of aromatic nitrogens is 2. The number of hydrogen-bond acceptors (Lipinski definition) is 4. The van der Waals surface area contributed by atoms with Crippen LogP contribution in [0.25, 0.3) is 22.4 Å². The molecule has 0 fully saturated rings. The molecule has 24 heavy (non-hydrogen) atoms. The summed E-state index contributed by atoms with van der Waals surface area (Å²) in [5.41, 5.74) is 2.75. The highest BCUT2D eigenvalue weighted by atomic mass is 32.1. The van der Waals surface area contributed by atoms with Gasteiger partial charge in [0.25, 0.3) is 5.56 Å². The van der Waals surface area contributed by atoms with Crippen LogP contribution in [0.4, 0.5) is 0 Å². The number of rotatable bonds is 2. The Morgan fingerprint density at radius 1 is 1.17 bits per heavy atom. The van der Waals surface area contributed by atoms with E-state index in [-0.39, 0.29) is 5.56 Å². The Morgan fingerprint density at radius 2 is 1.96 bits per heavy atom. The van der Waals surface area contributed by atoms with Crippen LogP contribution in [0.5, 0.6) is 0 Å². The second-order valence-electron chi connectivity index (χ2n) is 5.91. The molecule has 1 aromatic carbocycles. The number of fused-ring (bicyclic) bond motifs is 3. The molecule has 1 aliphatic carbocycles. The molecule has 4 rings (SSSR count). The SMILES string of the molecule is N#Cc1ccc(C=Cc2nc3sc4c(c3c(=O)[nH]2)CCCC4)cc1. The summed E-state index contributed by atoms with van der Waals surface area (Å²) < 4.78 is 0. The van der Waals surface area contributed by atoms with Gasteiger partial charge in [0.15, 0.2) is 0 Å². The summed E-state index contributed by atoms with van der Waals surface area (Å²) in [7, 11) is 0. The van der Waals surface area contributed by atoms with Gasteiger partial charge in [-0.15, -0.1) is 11.3 Å². The Bertz CT molecular complexity index is 1040. The van der Waals surface area contributed by atoms with E-state index in [2.05, 4.69) is 16.0 Å². The Hall–Kier alpha value is -2.71. The third-order valence-electron chi connectivity index (χ3n) is 4.32. The summed E-state index contributed by atoms with van der Waals surface area (Å²) in [5, 5.41) is 9.60. The minimum atomic E-state index is -0.0427. The van der Waals surface area contributed by atoms with Crippen LogP contribution in [0.2, 0.25) is 0 Å². The normalized spacial score (nSPS) is 14.0. The van der Waals surface area contributed by atoms with Crippen LogP contribution in [0, 0.1) is 11.3 Å². The average molecular weight is 333 g/mol. The lowest BCUT2D eigenvalue weighted by atomic mass is 9.97. The van der Waals surface area contributed by atoms with Gasteiger partial charge in [-0.1, -0.05) is 18.2 Å². The minimum Gasteiger partial charge on any atom is -0.306 e. The fraction of sp³-hybridized carbons (Fsp3) is 0.211. The highest BCUT2D eigenvalue weighted by Gasteiger charge is 2.19. The van der Waals surface area contributed by atoms with Gasteiger partial charge in [-0.2, -0.15) is 5.26 Å². The molecule has 5 heteroatoms. The van der Waals surface area contributed by atoms with Crippen LogP contribution in [-0.2, 0) is 12.8 Å². The number of nitriles is 1. The molecule has 0 amide bonds. The first-order chi connectivity index (χ1) is 11.7. The molecule has 118 valence electrons. The van der Waals surface area contributed by atoms with Gasteiger partial charge in [0, 0.05) is 4.88 Å². The largest absolute Gasteiger partial charge is 0.306 e. The van der Waals surface area contributed by atoms with Gasteiger partial charge >= 0.3 is 0 Å². The van der Waals surface area contributed by atoms with E-state index in [1.54, 1.807) is 29.5 Å². The van der Waals surface area contributed by atoms with Crippen molar-refractivity contribution in [2.24, 2.45) is 0 Å². The maximum atomic E-state index is 12.5. The Morgan fingerprint density at radius 3 is 2.75 bits per heavy atom. The fourth-order valence-electron chi connectivity index (χ4n) is 3.10. The van der Waals surface area contributed by atoms with Gasteiger partial charge in [0.05, 0.1) is 17.0 Å². The molecule has 0 atom stereocenters. The fourth-order valence-corrected chi connectivity index (χ4v) is 4.37. The Labute approximate surface area is 143 Å². The number of nitrogens with one attached hydrogen (secondary N) is 1. The van der Waals surface area contributed by atoms with E-state index in [1.807, 2.05) is 18.2 Å². The number of benzene rings is 1. The number of thiophene rings is 1. The van der Waals surface area contributed by atoms with Crippen molar-refractivity contribution in [1.29, 1.82) is 5.26 Å². The van der Waals surface area contributed by atoms with Crippen molar-refractivity contribution in [3.05, 3.63) is 62.0 Å². The molecular formula is C19H15N3OS. The van der Waals surface area contributed by atoms with Crippen molar-refractivity contribution in [2.75, 3.05) is 0 Å². The van der Waals surface area contributed by atoms with E-state index in [4.69, 9.17) is 5.26 Å². The van der Waals surface area contributed by atoms with Crippen molar-refractivity contribution in [3.8, 4) is 6.07 Å². The van der Waals surface area contributed by atoms with E-state index < -0.39 is 0 Å². The number of H-pyrrole nitrogens is 1. The number of hydrogen-bond donors (Lipinski definition) is 1. The smallest absolute Gasteiger partial charge is 0.260 e. The van der Waals surface area contributed by atoms with Crippen molar-refractivity contribution in [1.82, 2.24) is 9.97 Å². The predicted octanol–water partition coefficient (Wildman–Crippen LogP) is 3.91. The zero-order valence-corrected chi connectivity index (χ0v) is 13.8. The summed E-state index contributed by atoms with van der Waals surface area (Å²) >= 11 is 1.65. The molecule has 0 saturated carbocycles. The van der Waals surface area contributed by atoms with Crippen LogP contribution in [-0.4, -0.2) is 9.97 Å². The molecule has 3 aromatic rings. The van der Waals surface area contributed by atoms with Gasteiger partial charge in [-0.3, -0.25) is 4.79 Å². The van der Waals surface area contributed by atoms with Crippen LogP contribution >= 0.6 is 11.3 Å². The lowest BCUT2D eigenvalue weighted by Gasteiger charge is -2.09. The highest BCUT2D eigenvalue weighted by Crippen LogP contribution is 2.33. The van der Waals surface area contributed by atoms with E-state index in [1.165, 1.54) is 16.9 Å². The minimum absolute atomic E-state index is 0.0427. The maximum absolute atomic E-state index is 12.5. The molecule has 0 radical (unpaired) electrons. The van der Waals surface area contributed by atoms with E-state index in [0.29, 0.717) is 11.4 Å². The predicted molar refractivity (Wildman–Crippen MR) is 97.0 cm³/mol. The molecule has 0 spiro atoms. The summed E-state index contributed by atoms with van der Waals surface area (Å²) in [6.45, 7) is 0. The average Bonchev–Trinajstić information content (AvgIpc) is 2.99. The maximum Gasteiger partial charge on any atom is 0.260 e. The summed E-state index contributed by atoms with van der Waals surface area (Å²) in [4.78, 5) is 22.1. The van der Waals surface area contributed by atoms with Gasteiger partial charge in [-0.05, 0) is 55.0 Å². The lowest BCUT2D eigenvalue weighted by molar-refractivity contribution is 0.700. The molecule has 1 N–H and O–H groups in total. The summed E-state index contributed by atoms with van der Waals surface area (Å²) in [6, 6.07) is 9.38. The topological polar surface area (TPSA) is 69.5 Å². The van der Waals surface area contributed by atoms with Crippen molar-refractivity contribution < 1.29 is 0 Å². The molecule has 0 aliphatic heterocycles. The first-order valence-corrected chi connectivity index (χ1v) is 8.79. The number of nitrogens with zero attached hydrogens (tertiary/aromatic N) is 2. The van der Waals surface area contributed by atoms with Crippen LogP contribution < -0.4 is 5.56 Å². The van der Waals surface area contributed by atoms with Crippen molar-refractivity contribution >= 4 is 33.7 Å². The second-order valence-corrected chi connectivity index (χ2v) is 6.99. The standard InChI is InChI=1S/C19H15N3OS/c20-11-13-7-5-12(6-8-13)9-10-16-21-18(23)17-14-3-1-2-4-15(14)24-19(17)22-16/h5-10H,1-4H2,(H,21,22,23). The molecular weight excluding hydrogens is 318 g/mol. The summed E-state index contributed by atoms with van der Waals surface area (Å²) in [6.07, 6.45) is 8.09. The van der Waals surface area contributed by atoms with Crippen LogP contribution in [0.1, 0.15) is 40.2 Å². The van der Waals surface area contributed by atoms with Crippen LogP contribution in [0.15, 0.2) is 29.1 Å². The van der Waals surface area contributed by atoms with Gasteiger partial charge in [-0.25, -0.2) is 4.98 Å². The van der Waals surface area contributed by atoms with E-state index in [9.17, 15) is 4.79 Å². The Balaban J connectivity index is 1.71. The third kappa shape index (κ3) is 2.66. The van der Waals surface area contributed by atoms with Crippen molar-refractivity contribution in [2.45, 2.75) is 25.7 Å². The quantitative estimate of drug-likeness (QED) is 0.773. The number of aryl methyl sites for hydroxylation is 2. The molecule has 2 aromatic heterocycles. The molecule has 4 nitrogen and oxygen atoms in total. The Kier molecular flexibility index (Phi) is 3.75. The second kappa shape index (κ2) is 6.06. The van der Waals surface area contributed by atoms with E-state index >= 15 is 0 Å². The third-order valence-corrected chi connectivity index (χ3v) is 5.50. The summed E-state index contributed by atoms with van der Waals surface area (Å²) in [5.74, 6) is 0.565. The van der Waals surface area contributed by atoms with Crippen LogP contribution in [0.3, 0.4) is 0 Å².